The third kappa shape index (κ3) is 7.21. The average molecular weight is 375 g/mol. The highest BCUT2D eigenvalue weighted by molar-refractivity contribution is 5.84. The van der Waals surface area contributed by atoms with Gasteiger partial charge in [-0.1, -0.05) is 36.8 Å². The normalized spacial score (nSPS) is 15.7. The fourth-order valence-electron chi connectivity index (χ4n) is 3.21. The molecule has 6 heteroatoms. The van der Waals surface area contributed by atoms with E-state index in [1.54, 1.807) is 26.1 Å². The van der Waals surface area contributed by atoms with E-state index in [0.717, 1.165) is 32.5 Å². The first-order valence-corrected chi connectivity index (χ1v) is 9.80. The molecule has 0 radical (unpaired) electrons. The second-order valence-electron chi connectivity index (χ2n) is 7.57. The highest BCUT2D eigenvalue weighted by atomic mass is 16.5. The molecule has 2 N–H and O–H groups in total. The highest BCUT2D eigenvalue weighted by Crippen LogP contribution is 2.43. The third-order valence-corrected chi connectivity index (χ3v) is 5.30. The van der Waals surface area contributed by atoms with Gasteiger partial charge in [0.25, 0.3) is 0 Å². The first kappa shape index (κ1) is 21.2. The van der Waals surface area contributed by atoms with Gasteiger partial charge in [-0.05, 0) is 36.7 Å². The van der Waals surface area contributed by atoms with Crippen molar-refractivity contribution in [2.24, 2.45) is 10.4 Å². The van der Waals surface area contributed by atoms with Gasteiger partial charge < -0.3 is 20.3 Å². The third-order valence-electron chi connectivity index (χ3n) is 5.30. The molecule has 0 unspecified atom stereocenters. The number of amides is 1. The van der Waals surface area contributed by atoms with Crippen LogP contribution in [0.25, 0.3) is 0 Å². The number of carbonyl (C=O) groups is 1. The number of benzene rings is 1. The quantitative estimate of drug-likeness (QED) is 0.486. The van der Waals surface area contributed by atoms with Crippen molar-refractivity contribution in [1.29, 1.82) is 0 Å². The molecule has 150 valence electrons. The van der Waals surface area contributed by atoms with Crippen molar-refractivity contribution < 1.29 is 9.53 Å². The molecule has 0 aromatic heterocycles. The Morgan fingerprint density at radius 1 is 1.22 bits per heavy atom. The number of nitrogens with one attached hydrogen (secondary N) is 2. The van der Waals surface area contributed by atoms with Gasteiger partial charge in [-0.2, -0.15) is 0 Å². The summed E-state index contributed by atoms with van der Waals surface area (Å²) < 4.78 is 5.28. The first-order chi connectivity index (χ1) is 13.0. The summed E-state index contributed by atoms with van der Waals surface area (Å²) in [5.41, 5.74) is 1.58. The van der Waals surface area contributed by atoms with Crippen molar-refractivity contribution in [3.05, 3.63) is 35.9 Å². The van der Waals surface area contributed by atoms with Gasteiger partial charge in [0.15, 0.2) is 5.96 Å². The maximum absolute atomic E-state index is 11.9. The number of methoxy groups -OCH3 is 1. The molecular weight excluding hydrogens is 340 g/mol. The Morgan fingerprint density at radius 2 is 1.96 bits per heavy atom. The molecule has 0 heterocycles. The van der Waals surface area contributed by atoms with Crippen LogP contribution in [0, 0.1) is 5.41 Å². The Bertz CT molecular complexity index is 597. The number of carbonyl (C=O) groups excluding carboxylic acids is 1. The van der Waals surface area contributed by atoms with E-state index in [2.05, 4.69) is 39.9 Å². The maximum Gasteiger partial charge on any atom is 0.243 e. The van der Waals surface area contributed by atoms with Gasteiger partial charge in [-0.15, -0.1) is 0 Å². The lowest BCUT2D eigenvalue weighted by atomic mass is 9.67. The second kappa shape index (κ2) is 10.9. The number of rotatable bonds is 10. The van der Waals surface area contributed by atoms with Gasteiger partial charge in [0.1, 0.15) is 6.54 Å². The highest BCUT2D eigenvalue weighted by Gasteiger charge is 2.36. The van der Waals surface area contributed by atoms with Gasteiger partial charge in [0, 0.05) is 40.9 Å². The average Bonchev–Trinajstić information content (AvgIpc) is 2.64. The molecule has 0 spiro atoms. The Labute approximate surface area is 163 Å². The zero-order chi connectivity index (χ0) is 19.5. The number of guanidine groups is 1. The summed E-state index contributed by atoms with van der Waals surface area (Å²) in [7, 11) is 5.26. The van der Waals surface area contributed by atoms with E-state index in [9.17, 15) is 4.79 Å². The molecule has 1 amide bonds. The van der Waals surface area contributed by atoms with Gasteiger partial charge >= 0.3 is 0 Å². The zero-order valence-electron chi connectivity index (χ0n) is 17.0. The van der Waals surface area contributed by atoms with Crippen LogP contribution in [0.2, 0.25) is 0 Å². The molecular formula is C21H34N4O2. The minimum absolute atomic E-state index is 0.00287. The number of aliphatic imine (C=N–C) groups is 1. The molecule has 1 saturated carbocycles. The summed E-state index contributed by atoms with van der Waals surface area (Å²) in [5.74, 6) is 0.710. The smallest absolute Gasteiger partial charge is 0.243 e. The number of hydrogen-bond acceptors (Lipinski definition) is 3. The Hall–Kier alpha value is -2.08. The molecule has 0 saturated heterocycles. The first-order valence-electron chi connectivity index (χ1n) is 9.80. The monoisotopic (exact) mass is 374 g/mol. The van der Waals surface area contributed by atoms with Crippen LogP contribution in [0.4, 0.5) is 0 Å². The van der Waals surface area contributed by atoms with E-state index in [0.29, 0.717) is 11.4 Å². The van der Waals surface area contributed by atoms with Gasteiger partial charge in [0.2, 0.25) is 5.91 Å². The van der Waals surface area contributed by atoms with E-state index >= 15 is 0 Å². The summed E-state index contributed by atoms with van der Waals surface area (Å²) >= 11 is 0. The number of hydrogen-bond donors (Lipinski definition) is 2. The van der Waals surface area contributed by atoms with Crippen molar-refractivity contribution in [3.8, 4) is 0 Å². The fraction of sp³-hybridized carbons (Fsp3) is 0.619. The molecule has 1 fully saturated rings. The molecule has 0 bridgehead atoms. The Morgan fingerprint density at radius 3 is 2.56 bits per heavy atom. The summed E-state index contributed by atoms with van der Waals surface area (Å²) in [6.45, 7) is 2.58. The standard InChI is InChI=1S/C21H34N4O2/c1-25(2)19(26)16-23-20(22-14-10-18-8-5-4-6-9-18)24-17-21(11-7-12-21)13-15-27-3/h4-6,8-9H,7,10-17H2,1-3H3,(H2,22,23,24). The van der Waals surface area contributed by atoms with E-state index in [-0.39, 0.29) is 12.5 Å². The van der Waals surface area contributed by atoms with Crippen LogP contribution < -0.4 is 10.6 Å². The maximum atomic E-state index is 11.9. The van der Waals surface area contributed by atoms with E-state index < -0.39 is 0 Å². The van der Waals surface area contributed by atoms with Crippen LogP contribution in [0.1, 0.15) is 31.2 Å². The van der Waals surface area contributed by atoms with Crippen molar-refractivity contribution in [2.45, 2.75) is 32.1 Å². The van der Waals surface area contributed by atoms with Crippen molar-refractivity contribution in [2.75, 3.05) is 47.4 Å². The molecule has 1 aromatic carbocycles. The molecule has 0 atom stereocenters. The second-order valence-corrected chi connectivity index (χ2v) is 7.57. The number of nitrogens with zero attached hydrogens (tertiary/aromatic N) is 2. The van der Waals surface area contributed by atoms with Gasteiger partial charge in [0.05, 0.1) is 0 Å². The molecule has 1 aliphatic rings. The van der Waals surface area contributed by atoms with Crippen molar-refractivity contribution >= 4 is 11.9 Å². The van der Waals surface area contributed by atoms with E-state index in [1.807, 2.05) is 6.07 Å². The van der Waals surface area contributed by atoms with Gasteiger partial charge in [-0.3, -0.25) is 4.79 Å². The van der Waals surface area contributed by atoms with Crippen molar-refractivity contribution in [3.63, 3.8) is 0 Å². The van der Waals surface area contributed by atoms with Crippen LogP contribution in [0.15, 0.2) is 35.3 Å². The minimum Gasteiger partial charge on any atom is -0.385 e. The van der Waals surface area contributed by atoms with E-state index in [4.69, 9.17) is 4.74 Å². The van der Waals surface area contributed by atoms with Crippen LogP contribution >= 0.6 is 0 Å². The van der Waals surface area contributed by atoms with Crippen LogP contribution in [-0.2, 0) is 16.0 Å². The summed E-state index contributed by atoms with van der Waals surface area (Å²) in [5, 5.41) is 6.84. The Balaban J connectivity index is 1.90. The molecule has 1 aliphatic carbocycles. The fourth-order valence-corrected chi connectivity index (χ4v) is 3.21. The molecule has 27 heavy (non-hydrogen) atoms. The number of likely N-dealkylation sites (N-methyl/N-ethyl adjacent to an activating group) is 1. The molecule has 2 rings (SSSR count). The number of ether oxygens (including phenoxy) is 1. The van der Waals surface area contributed by atoms with Crippen LogP contribution in [0.5, 0.6) is 0 Å². The lowest BCUT2D eigenvalue weighted by Gasteiger charge is -2.42. The van der Waals surface area contributed by atoms with E-state index in [1.165, 1.54) is 24.8 Å². The lowest BCUT2D eigenvalue weighted by molar-refractivity contribution is -0.127. The summed E-state index contributed by atoms with van der Waals surface area (Å²) in [4.78, 5) is 18.0. The summed E-state index contributed by atoms with van der Waals surface area (Å²) in [6.07, 6.45) is 5.69. The van der Waals surface area contributed by atoms with Gasteiger partial charge in [-0.25, -0.2) is 4.99 Å². The SMILES string of the molecule is COCCC1(CNC(=NCC(=O)N(C)C)NCCc2ccccc2)CCC1. The lowest BCUT2D eigenvalue weighted by Crippen LogP contribution is -2.47. The van der Waals surface area contributed by atoms with Crippen LogP contribution in [0.3, 0.4) is 0 Å². The van der Waals surface area contributed by atoms with Crippen LogP contribution in [-0.4, -0.2) is 64.2 Å². The molecule has 1 aromatic rings. The minimum atomic E-state index is -0.00287. The zero-order valence-corrected chi connectivity index (χ0v) is 17.0. The predicted octanol–water partition coefficient (Wildman–Crippen LogP) is 2.06. The predicted molar refractivity (Wildman–Crippen MR) is 110 cm³/mol. The largest absolute Gasteiger partial charge is 0.385 e. The Kier molecular flexibility index (Phi) is 8.58. The summed E-state index contributed by atoms with van der Waals surface area (Å²) in [6, 6.07) is 10.4. The topological polar surface area (TPSA) is 66.0 Å². The van der Waals surface area contributed by atoms with Crippen molar-refractivity contribution in [1.82, 2.24) is 15.5 Å². The molecule has 6 nitrogen and oxygen atoms in total. The molecule has 0 aliphatic heterocycles.